The zero-order valence-electron chi connectivity index (χ0n) is 16.7. The van der Waals surface area contributed by atoms with Gasteiger partial charge in [0.2, 0.25) is 5.89 Å². The number of nitrogens with zero attached hydrogens (tertiary/aromatic N) is 2. The highest BCUT2D eigenvalue weighted by Crippen LogP contribution is 2.29. The SMILES string of the molecule is Cc1ccc(-c2cncc(-c3ncco3)c2)cc1OC(=O)NC1CCC(C)CC1. The number of amides is 1. The number of pyridine rings is 1. The molecule has 0 unspecified atom stereocenters. The first kappa shape index (κ1) is 19.2. The van der Waals surface area contributed by atoms with Crippen LogP contribution in [0.25, 0.3) is 22.6 Å². The van der Waals surface area contributed by atoms with Crippen LogP contribution in [0.2, 0.25) is 0 Å². The van der Waals surface area contributed by atoms with Crippen LogP contribution < -0.4 is 10.1 Å². The standard InChI is InChI=1S/C23H25N3O3/c1-15-3-7-20(8-4-15)26-23(27)29-21-12-17(6-5-16(21)2)18-11-19(14-24-13-18)22-25-9-10-28-22/h5-6,9-15,20H,3-4,7-8H2,1-2H3,(H,26,27). The van der Waals surface area contributed by atoms with E-state index < -0.39 is 6.09 Å². The monoisotopic (exact) mass is 391 g/mol. The molecule has 0 saturated heterocycles. The summed E-state index contributed by atoms with van der Waals surface area (Å²) < 4.78 is 11.0. The van der Waals surface area contributed by atoms with Crippen LogP contribution in [0.4, 0.5) is 4.79 Å². The second kappa shape index (κ2) is 8.47. The van der Waals surface area contributed by atoms with E-state index in [1.807, 2.05) is 31.2 Å². The highest BCUT2D eigenvalue weighted by atomic mass is 16.6. The van der Waals surface area contributed by atoms with Crippen LogP contribution >= 0.6 is 0 Å². The Morgan fingerprint density at radius 3 is 2.66 bits per heavy atom. The molecule has 0 radical (unpaired) electrons. The van der Waals surface area contributed by atoms with E-state index in [1.54, 1.807) is 18.6 Å². The minimum Gasteiger partial charge on any atom is -0.444 e. The predicted molar refractivity (Wildman–Crippen MR) is 110 cm³/mol. The average Bonchev–Trinajstić information content (AvgIpc) is 3.26. The molecule has 2 aromatic heterocycles. The van der Waals surface area contributed by atoms with Crippen LogP contribution in [0.1, 0.15) is 38.2 Å². The highest BCUT2D eigenvalue weighted by Gasteiger charge is 2.21. The molecular formula is C23H25N3O3. The van der Waals surface area contributed by atoms with Gasteiger partial charge in [-0.1, -0.05) is 19.1 Å². The van der Waals surface area contributed by atoms with Crippen molar-refractivity contribution >= 4 is 6.09 Å². The largest absolute Gasteiger partial charge is 0.444 e. The molecule has 150 valence electrons. The summed E-state index contributed by atoms with van der Waals surface area (Å²) in [6, 6.07) is 7.95. The van der Waals surface area contributed by atoms with Gasteiger partial charge < -0.3 is 14.5 Å². The van der Waals surface area contributed by atoms with E-state index in [9.17, 15) is 4.79 Å². The van der Waals surface area contributed by atoms with Crippen LogP contribution in [-0.2, 0) is 0 Å². The molecule has 1 fully saturated rings. The lowest BCUT2D eigenvalue weighted by molar-refractivity contribution is 0.189. The first-order valence-corrected chi connectivity index (χ1v) is 10.0. The first-order valence-electron chi connectivity index (χ1n) is 10.0. The maximum absolute atomic E-state index is 12.4. The van der Waals surface area contributed by atoms with Crippen molar-refractivity contribution in [2.75, 3.05) is 0 Å². The normalized spacial score (nSPS) is 19.0. The molecule has 4 rings (SSSR count). The molecule has 1 amide bonds. The van der Waals surface area contributed by atoms with Gasteiger partial charge in [0.25, 0.3) is 0 Å². The summed E-state index contributed by atoms with van der Waals surface area (Å²) >= 11 is 0. The lowest BCUT2D eigenvalue weighted by atomic mass is 9.87. The first-order chi connectivity index (χ1) is 14.1. The van der Waals surface area contributed by atoms with Crippen molar-refractivity contribution in [2.24, 2.45) is 5.92 Å². The maximum atomic E-state index is 12.4. The zero-order valence-corrected chi connectivity index (χ0v) is 16.7. The van der Waals surface area contributed by atoms with E-state index in [-0.39, 0.29) is 6.04 Å². The van der Waals surface area contributed by atoms with Crippen LogP contribution in [-0.4, -0.2) is 22.1 Å². The van der Waals surface area contributed by atoms with Gasteiger partial charge in [0.1, 0.15) is 12.0 Å². The Morgan fingerprint density at radius 2 is 1.90 bits per heavy atom. The number of hydrogen-bond acceptors (Lipinski definition) is 5. The van der Waals surface area contributed by atoms with Crippen LogP contribution in [0.3, 0.4) is 0 Å². The minimum atomic E-state index is -0.392. The molecule has 0 atom stereocenters. The van der Waals surface area contributed by atoms with Gasteiger partial charge in [-0.15, -0.1) is 0 Å². The lowest BCUT2D eigenvalue weighted by Gasteiger charge is -2.26. The number of benzene rings is 1. The lowest BCUT2D eigenvalue weighted by Crippen LogP contribution is -2.39. The summed E-state index contributed by atoms with van der Waals surface area (Å²) in [6.07, 6.45) is 10.5. The molecule has 29 heavy (non-hydrogen) atoms. The third-order valence-corrected chi connectivity index (χ3v) is 5.48. The summed E-state index contributed by atoms with van der Waals surface area (Å²) in [7, 11) is 0. The zero-order chi connectivity index (χ0) is 20.2. The quantitative estimate of drug-likeness (QED) is 0.646. The Labute approximate surface area is 170 Å². The maximum Gasteiger partial charge on any atom is 0.412 e. The van der Waals surface area contributed by atoms with Crippen molar-refractivity contribution in [2.45, 2.75) is 45.6 Å². The van der Waals surface area contributed by atoms with Gasteiger partial charge in [0.15, 0.2) is 0 Å². The molecule has 1 aliphatic carbocycles. The summed E-state index contributed by atoms with van der Waals surface area (Å²) in [6.45, 7) is 4.19. The van der Waals surface area contributed by atoms with Gasteiger partial charge in [-0.25, -0.2) is 9.78 Å². The summed E-state index contributed by atoms with van der Waals surface area (Å²) in [5, 5.41) is 3.01. The molecule has 0 bridgehead atoms. The fourth-order valence-electron chi connectivity index (χ4n) is 3.67. The van der Waals surface area contributed by atoms with E-state index in [0.29, 0.717) is 11.6 Å². The third-order valence-electron chi connectivity index (χ3n) is 5.48. The summed E-state index contributed by atoms with van der Waals surface area (Å²) in [4.78, 5) is 20.9. The molecule has 1 saturated carbocycles. The van der Waals surface area contributed by atoms with Crippen LogP contribution in [0.5, 0.6) is 5.75 Å². The number of aryl methyl sites for hydroxylation is 1. The molecule has 6 heteroatoms. The second-order valence-electron chi connectivity index (χ2n) is 7.77. The van der Waals surface area contributed by atoms with Gasteiger partial charge in [0, 0.05) is 24.0 Å². The minimum absolute atomic E-state index is 0.198. The van der Waals surface area contributed by atoms with Gasteiger partial charge in [-0.05, 0) is 61.8 Å². The van der Waals surface area contributed by atoms with Gasteiger partial charge in [-0.2, -0.15) is 0 Å². The predicted octanol–water partition coefficient (Wildman–Crippen LogP) is 5.38. The van der Waals surface area contributed by atoms with E-state index in [0.717, 1.165) is 53.9 Å². The number of aromatic nitrogens is 2. The van der Waals surface area contributed by atoms with Crippen molar-refractivity contribution in [3.63, 3.8) is 0 Å². The van der Waals surface area contributed by atoms with E-state index in [1.165, 1.54) is 6.26 Å². The number of rotatable bonds is 4. The number of hydrogen-bond donors (Lipinski definition) is 1. The smallest absolute Gasteiger partial charge is 0.412 e. The second-order valence-corrected chi connectivity index (χ2v) is 7.77. The third kappa shape index (κ3) is 4.65. The van der Waals surface area contributed by atoms with Gasteiger partial charge in [-0.3, -0.25) is 4.98 Å². The number of nitrogens with one attached hydrogen (secondary N) is 1. The van der Waals surface area contributed by atoms with Crippen LogP contribution in [0.15, 0.2) is 53.5 Å². The Kier molecular flexibility index (Phi) is 5.60. The molecule has 1 N–H and O–H groups in total. The van der Waals surface area contributed by atoms with E-state index >= 15 is 0 Å². The summed E-state index contributed by atoms with van der Waals surface area (Å²) in [5.74, 6) is 1.80. The number of carbonyl (C=O) groups is 1. The molecule has 1 aliphatic rings. The van der Waals surface area contributed by atoms with Crippen molar-refractivity contribution in [1.29, 1.82) is 0 Å². The number of oxazole rings is 1. The van der Waals surface area contributed by atoms with E-state index in [4.69, 9.17) is 9.15 Å². The Bertz CT molecular complexity index is 977. The molecular weight excluding hydrogens is 366 g/mol. The summed E-state index contributed by atoms with van der Waals surface area (Å²) in [5.41, 5.74) is 3.50. The topological polar surface area (TPSA) is 77.2 Å². The fraction of sp³-hybridized carbons (Fsp3) is 0.348. The Hall–Kier alpha value is -3.15. The van der Waals surface area contributed by atoms with Crippen molar-refractivity contribution in [3.8, 4) is 28.3 Å². The van der Waals surface area contributed by atoms with Crippen molar-refractivity contribution in [1.82, 2.24) is 15.3 Å². The molecule has 1 aromatic carbocycles. The van der Waals surface area contributed by atoms with Gasteiger partial charge >= 0.3 is 6.09 Å². The average molecular weight is 391 g/mol. The molecule has 0 spiro atoms. The van der Waals surface area contributed by atoms with Crippen LogP contribution in [0, 0.1) is 12.8 Å². The molecule has 6 nitrogen and oxygen atoms in total. The number of carbonyl (C=O) groups excluding carboxylic acids is 1. The van der Waals surface area contributed by atoms with E-state index in [2.05, 4.69) is 22.2 Å². The van der Waals surface area contributed by atoms with Crippen molar-refractivity contribution < 1.29 is 13.9 Å². The van der Waals surface area contributed by atoms with Gasteiger partial charge in [0.05, 0.1) is 11.8 Å². The molecule has 3 aromatic rings. The molecule has 0 aliphatic heterocycles. The Balaban J connectivity index is 1.49. The molecule has 2 heterocycles. The fourth-order valence-corrected chi connectivity index (χ4v) is 3.67. The number of ether oxygens (including phenoxy) is 1. The highest BCUT2D eigenvalue weighted by molar-refractivity contribution is 5.74. The Morgan fingerprint density at radius 1 is 1.10 bits per heavy atom. The van der Waals surface area contributed by atoms with Crippen molar-refractivity contribution in [3.05, 3.63) is 54.7 Å².